The third-order valence-corrected chi connectivity index (χ3v) is 7.64. The molecule has 1 aliphatic rings. The van der Waals surface area contributed by atoms with Crippen molar-refractivity contribution in [3.63, 3.8) is 0 Å². The van der Waals surface area contributed by atoms with E-state index in [1.165, 1.54) is 16.4 Å². The van der Waals surface area contributed by atoms with Gasteiger partial charge in [0.05, 0.1) is 11.4 Å². The Morgan fingerprint density at radius 1 is 1.09 bits per heavy atom. The summed E-state index contributed by atoms with van der Waals surface area (Å²) in [4.78, 5) is 0. The van der Waals surface area contributed by atoms with Crippen LogP contribution in [0.1, 0.15) is 33.1 Å². The molecule has 1 saturated heterocycles. The number of hydrogen-bond donors (Lipinski definition) is 3. The fraction of sp³-hybridized carbons (Fsp3) is 0.429. The van der Waals surface area contributed by atoms with Crippen molar-refractivity contribution in [3.05, 3.63) is 51.4 Å². The topological polar surface area (TPSA) is 73.5 Å². The molecule has 0 spiro atoms. The van der Waals surface area contributed by atoms with Crippen LogP contribution in [0, 0.1) is 21.0 Å². The van der Waals surface area contributed by atoms with Crippen LogP contribution in [0.5, 0.6) is 0 Å². The Bertz CT molecular complexity index is 1060. The SMILES string of the molecule is CCC(C)NC1CCN(S(=O)(=O)Nc2ccc(F)c(F)c2Nc2ccc(I)cc2F)CC1. The van der Waals surface area contributed by atoms with Gasteiger partial charge >= 0.3 is 10.2 Å². The summed E-state index contributed by atoms with van der Waals surface area (Å²) in [5.41, 5.74) is -0.795. The first-order valence-electron chi connectivity index (χ1n) is 10.3. The molecule has 11 heteroatoms. The van der Waals surface area contributed by atoms with Crippen LogP contribution in [0.15, 0.2) is 30.3 Å². The number of halogens is 4. The number of nitrogens with zero attached hydrogens (tertiary/aromatic N) is 1. The molecule has 6 nitrogen and oxygen atoms in total. The summed E-state index contributed by atoms with van der Waals surface area (Å²) < 4.78 is 72.8. The normalized spacial score (nSPS) is 16.7. The van der Waals surface area contributed by atoms with Gasteiger partial charge < -0.3 is 10.6 Å². The van der Waals surface area contributed by atoms with Crippen LogP contribution in [0.2, 0.25) is 0 Å². The van der Waals surface area contributed by atoms with Crippen LogP contribution in [-0.2, 0) is 10.2 Å². The molecular formula is C21H26F3IN4O2S. The van der Waals surface area contributed by atoms with Gasteiger partial charge in [0.15, 0.2) is 11.6 Å². The Balaban J connectivity index is 1.79. The molecule has 32 heavy (non-hydrogen) atoms. The zero-order valence-electron chi connectivity index (χ0n) is 17.8. The highest BCUT2D eigenvalue weighted by Gasteiger charge is 2.29. The fourth-order valence-corrected chi connectivity index (χ4v) is 5.19. The Morgan fingerprint density at radius 3 is 2.38 bits per heavy atom. The minimum Gasteiger partial charge on any atom is -0.349 e. The van der Waals surface area contributed by atoms with E-state index in [1.54, 1.807) is 6.07 Å². The van der Waals surface area contributed by atoms with Gasteiger partial charge in [-0.15, -0.1) is 0 Å². The van der Waals surface area contributed by atoms with E-state index < -0.39 is 33.3 Å². The molecule has 0 bridgehead atoms. The van der Waals surface area contributed by atoms with Crippen LogP contribution in [0.25, 0.3) is 0 Å². The number of nitrogens with one attached hydrogen (secondary N) is 3. The summed E-state index contributed by atoms with van der Waals surface area (Å²) in [7, 11) is -4.02. The Labute approximate surface area is 200 Å². The van der Waals surface area contributed by atoms with Crippen molar-refractivity contribution in [2.45, 2.75) is 45.2 Å². The van der Waals surface area contributed by atoms with Crippen molar-refractivity contribution in [2.24, 2.45) is 0 Å². The van der Waals surface area contributed by atoms with Gasteiger partial charge in [-0.05, 0) is 79.1 Å². The van der Waals surface area contributed by atoms with E-state index >= 15 is 0 Å². The maximum atomic E-state index is 14.6. The summed E-state index contributed by atoms with van der Waals surface area (Å²) in [6.07, 6.45) is 2.26. The molecule has 1 heterocycles. The van der Waals surface area contributed by atoms with Crippen molar-refractivity contribution >= 4 is 49.9 Å². The maximum absolute atomic E-state index is 14.6. The predicted molar refractivity (Wildman–Crippen MR) is 129 cm³/mol. The van der Waals surface area contributed by atoms with Gasteiger partial charge in [0.1, 0.15) is 11.5 Å². The van der Waals surface area contributed by atoms with Crippen molar-refractivity contribution < 1.29 is 21.6 Å². The van der Waals surface area contributed by atoms with Crippen molar-refractivity contribution in [1.82, 2.24) is 9.62 Å². The zero-order chi connectivity index (χ0) is 23.5. The second-order valence-electron chi connectivity index (χ2n) is 7.79. The highest BCUT2D eigenvalue weighted by molar-refractivity contribution is 14.1. The van der Waals surface area contributed by atoms with Crippen LogP contribution in [-0.4, -0.2) is 37.9 Å². The summed E-state index contributed by atoms with van der Waals surface area (Å²) in [6.45, 7) is 4.75. The highest BCUT2D eigenvalue weighted by atomic mass is 127. The molecule has 176 valence electrons. The molecule has 2 aromatic carbocycles. The number of anilines is 3. The van der Waals surface area contributed by atoms with E-state index in [4.69, 9.17) is 0 Å². The van der Waals surface area contributed by atoms with E-state index in [9.17, 15) is 21.6 Å². The summed E-state index contributed by atoms with van der Waals surface area (Å²) in [5.74, 6) is -3.16. The van der Waals surface area contributed by atoms with Crippen molar-refractivity contribution in [3.8, 4) is 0 Å². The van der Waals surface area contributed by atoms with Crippen LogP contribution in [0.3, 0.4) is 0 Å². The van der Waals surface area contributed by atoms with Crippen molar-refractivity contribution in [1.29, 1.82) is 0 Å². The molecule has 1 unspecified atom stereocenters. The number of hydrogen-bond acceptors (Lipinski definition) is 4. The molecule has 0 radical (unpaired) electrons. The van der Waals surface area contributed by atoms with Gasteiger partial charge in [0, 0.05) is 28.7 Å². The summed E-state index contributed by atoms with van der Waals surface area (Å²) in [6, 6.07) is 6.69. The van der Waals surface area contributed by atoms with Gasteiger partial charge in [-0.2, -0.15) is 12.7 Å². The molecule has 0 aromatic heterocycles. The largest absolute Gasteiger partial charge is 0.349 e. The molecule has 1 atom stereocenters. The maximum Gasteiger partial charge on any atom is 0.301 e. The molecule has 3 rings (SSSR count). The van der Waals surface area contributed by atoms with E-state index in [2.05, 4.69) is 29.2 Å². The second kappa shape index (κ2) is 10.6. The lowest BCUT2D eigenvalue weighted by atomic mass is 10.1. The fourth-order valence-electron chi connectivity index (χ4n) is 3.47. The first-order valence-corrected chi connectivity index (χ1v) is 12.9. The summed E-state index contributed by atoms with van der Waals surface area (Å²) >= 11 is 1.92. The molecule has 3 N–H and O–H groups in total. The molecule has 0 saturated carbocycles. The van der Waals surface area contributed by atoms with Gasteiger partial charge in [0.25, 0.3) is 0 Å². The monoisotopic (exact) mass is 582 g/mol. The quantitative estimate of drug-likeness (QED) is 0.385. The Morgan fingerprint density at radius 2 is 1.75 bits per heavy atom. The van der Waals surface area contributed by atoms with Crippen LogP contribution < -0.4 is 15.4 Å². The second-order valence-corrected chi connectivity index (χ2v) is 10.7. The van der Waals surface area contributed by atoms with Gasteiger partial charge in [-0.25, -0.2) is 13.2 Å². The average Bonchev–Trinajstić information content (AvgIpc) is 2.75. The molecule has 1 aliphatic heterocycles. The van der Waals surface area contributed by atoms with E-state index in [-0.39, 0.29) is 17.4 Å². The third kappa shape index (κ3) is 6.06. The van der Waals surface area contributed by atoms with E-state index in [0.29, 0.717) is 35.5 Å². The van der Waals surface area contributed by atoms with Gasteiger partial charge in [-0.3, -0.25) is 4.72 Å². The minimum absolute atomic E-state index is 0.104. The molecule has 1 fully saturated rings. The highest BCUT2D eigenvalue weighted by Crippen LogP contribution is 2.33. The Hall–Kier alpha value is -1.57. The standard InChI is InChI=1S/C21H26F3IN4O2S/c1-3-13(2)26-15-8-10-29(11-9-15)32(30,31)28-19-7-5-16(22)20(24)21(19)27-18-6-4-14(25)12-17(18)23/h4-7,12-13,15,26-28H,3,8-11H2,1-2H3. The lowest BCUT2D eigenvalue weighted by Gasteiger charge is -2.33. The first-order chi connectivity index (χ1) is 15.1. The number of rotatable bonds is 8. The number of benzene rings is 2. The average molecular weight is 582 g/mol. The lowest BCUT2D eigenvalue weighted by molar-refractivity contribution is 0.276. The molecule has 0 amide bonds. The molecule has 2 aromatic rings. The van der Waals surface area contributed by atoms with E-state index in [1.807, 2.05) is 22.6 Å². The third-order valence-electron chi connectivity index (χ3n) is 5.45. The Kier molecular flexibility index (Phi) is 8.28. The van der Waals surface area contributed by atoms with Crippen molar-refractivity contribution in [2.75, 3.05) is 23.1 Å². The van der Waals surface area contributed by atoms with Gasteiger partial charge in [0.2, 0.25) is 0 Å². The molecule has 0 aliphatic carbocycles. The predicted octanol–water partition coefficient (Wildman–Crippen LogP) is 4.96. The smallest absolute Gasteiger partial charge is 0.301 e. The lowest BCUT2D eigenvalue weighted by Crippen LogP contribution is -2.48. The minimum atomic E-state index is -4.02. The van der Waals surface area contributed by atoms with Crippen LogP contribution in [0.4, 0.5) is 30.2 Å². The van der Waals surface area contributed by atoms with Gasteiger partial charge in [-0.1, -0.05) is 6.92 Å². The number of piperidine rings is 1. The molecular weight excluding hydrogens is 556 g/mol. The van der Waals surface area contributed by atoms with Crippen LogP contribution >= 0.6 is 22.6 Å². The van der Waals surface area contributed by atoms with E-state index in [0.717, 1.165) is 18.6 Å². The zero-order valence-corrected chi connectivity index (χ0v) is 20.7. The summed E-state index contributed by atoms with van der Waals surface area (Å²) in [5, 5.41) is 5.96. The first kappa shape index (κ1) is 25.1.